The van der Waals surface area contributed by atoms with Gasteiger partial charge in [-0.3, -0.25) is 4.79 Å². The number of aromatic nitrogens is 1. The second-order valence-electron chi connectivity index (χ2n) is 5.37. The van der Waals surface area contributed by atoms with E-state index < -0.39 is 6.04 Å². The van der Waals surface area contributed by atoms with E-state index in [1.807, 2.05) is 26.8 Å². The van der Waals surface area contributed by atoms with Crippen LogP contribution in [0.1, 0.15) is 33.1 Å². The number of rotatable bonds is 5. The van der Waals surface area contributed by atoms with Crippen molar-refractivity contribution in [3.8, 4) is 0 Å². The van der Waals surface area contributed by atoms with Crippen molar-refractivity contribution >= 4 is 22.7 Å². The van der Waals surface area contributed by atoms with Crippen LogP contribution in [0.15, 0.2) is 22.6 Å². The number of nitrogens with zero attached hydrogens (tertiary/aromatic N) is 1. The molecule has 5 heteroatoms. The van der Waals surface area contributed by atoms with Crippen molar-refractivity contribution in [2.45, 2.75) is 39.7 Å². The lowest BCUT2D eigenvalue weighted by Gasteiger charge is -2.14. The van der Waals surface area contributed by atoms with Gasteiger partial charge in [0.15, 0.2) is 11.5 Å². The fourth-order valence-corrected chi connectivity index (χ4v) is 2.05. The Labute approximate surface area is 118 Å². The van der Waals surface area contributed by atoms with Gasteiger partial charge in [0.1, 0.15) is 5.52 Å². The number of hydrogen-bond donors (Lipinski definition) is 2. The fraction of sp³-hybridized carbons (Fsp3) is 0.467. The van der Waals surface area contributed by atoms with E-state index in [4.69, 9.17) is 10.2 Å². The first kappa shape index (κ1) is 14.5. The van der Waals surface area contributed by atoms with E-state index in [1.165, 1.54) is 0 Å². The van der Waals surface area contributed by atoms with Crippen LogP contribution >= 0.6 is 0 Å². The summed E-state index contributed by atoms with van der Waals surface area (Å²) in [6.45, 7) is 6.07. The summed E-state index contributed by atoms with van der Waals surface area (Å²) in [4.78, 5) is 16.3. The topological polar surface area (TPSA) is 81.2 Å². The number of oxazole rings is 1. The van der Waals surface area contributed by atoms with Crippen LogP contribution in [0.4, 0.5) is 5.69 Å². The van der Waals surface area contributed by atoms with Gasteiger partial charge < -0.3 is 15.5 Å². The van der Waals surface area contributed by atoms with Crippen LogP contribution in [0, 0.1) is 5.92 Å². The summed E-state index contributed by atoms with van der Waals surface area (Å²) in [7, 11) is 0. The minimum Gasteiger partial charge on any atom is -0.441 e. The first-order chi connectivity index (χ1) is 9.49. The van der Waals surface area contributed by atoms with Gasteiger partial charge in [-0.25, -0.2) is 4.98 Å². The molecule has 20 heavy (non-hydrogen) atoms. The predicted octanol–water partition coefficient (Wildman–Crippen LogP) is 2.70. The monoisotopic (exact) mass is 275 g/mol. The van der Waals surface area contributed by atoms with Crippen LogP contribution in [0.2, 0.25) is 0 Å². The van der Waals surface area contributed by atoms with Crippen LogP contribution in [-0.2, 0) is 11.2 Å². The number of carbonyl (C=O) groups is 1. The summed E-state index contributed by atoms with van der Waals surface area (Å²) in [6.07, 6.45) is 1.41. The Hall–Kier alpha value is -1.88. The van der Waals surface area contributed by atoms with Crippen molar-refractivity contribution in [1.82, 2.24) is 4.98 Å². The van der Waals surface area contributed by atoms with Gasteiger partial charge in [-0.1, -0.05) is 20.8 Å². The fourth-order valence-electron chi connectivity index (χ4n) is 2.05. The first-order valence-corrected chi connectivity index (χ1v) is 6.95. The number of benzene rings is 1. The highest BCUT2D eigenvalue weighted by Crippen LogP contribution is 2.20. The highest BCUT2D eigenvalue weighted by atomic mass is 16.3. The molecule has 1 unspecified atom stereocenters. The van der Waals surface area contributed by atoms with Crippen LogP contribution in [0.25, 0.3) is 11.1 Å². The Balaban J connectivity index is 2.11. The molecule has 0 aliphatic heterocycles. The van der Waals surface area contributed by atoms with E-state index in [2.05, 4.69) is 10.3 Å². The molecule has 2 aromatic rings. The van der Waals surface area contributed by atoms with E-state index in [0.29, 0.717) is 23.9 Å². The molecule has 0 saturated heterocycles. The van der Waals surface area contributed by atoms with Crippen LogP contribution in [-0.4, -0.2) is 16.9 Å². The third-order valence-electron chi connectivity index (χ3n) is 3.06. The van der Waals surface area contributed by atoms with Gasteiger partial charge in [-0.15, -0.1) is 0 Å². The molecule has 0 aliphatic carbocycles. The maximum Gasteiger partial charge on any atom is 0.241 e. The molecule has 1 amide bonds. The number of carbonyl (C=O) groups excluding carboxylic acids is 1. The number of anilines is 1. The number of nitrogens with one attached hydrogen (secondary N) is 1. The molecular formula is C15H21N3O2. The molecule has 5 nitrogen and oxygen atoms in total. The molecule has 0 bridgehead atoms. The van der Waals surface area contributed by atoms with Gasteiger partial charge in [0.25, 0.3) is 0 Å². The Morgan fingerprint density at radius 1 is 1.45 bits per heavy atom. The number of hydrogen-bond acceptors (Lipinski definition) is 4. The molecular weight excluding hydrogens is 254 g/mol. The molecule has 0 spiro atoms. The lowest BCUT2D eigenvalue weighted by Crippen LogP contribution is -2.36. The highest BCUT2D eigenvalue weighted by molar-refractivity contribution is 5.96. The predicted molar refractivity (Wildman–Crippen MR) is 79.4 cm³/mol. The van der Waals surface area contributed by atoms with Gasteiger partial charge in [-0.05, 0) is 30.5 Å². The van der Waals surface area contributed by atoms with Crippen molar-refractivity contribution in [2.75, 3.05) is 5.32 Å². The lowest BCUT2D eigenvalue weighted by atomic mass is 10.0. The quantitative estimate of drug-likeness (QED) is 0.879. The summed E-state index contributed by atoms with van der Waals surface area (Å²) in [5, 5.41) is 2.82. The normalized spacial score (nSPS) is 12.8. The summed E-state index contributed by atoms with van der Waals surface area (Å²) in [6, 6.07) is 4.92. The zero-order valence-electron chi connectivity index (χ0n) is 12.1. The molecule has 0 radical (unpaired) electrons. The summed E-state index contributed by atoms with van der Waals surface area (Å²) in [5.74, 6) is 0.915. The van der Waals surface area contributed by atoms with E-state index in [9.17, 15) is 4.79 Å². The Morgan fingerprint density at radius 2 is 2.20 bits per heavy atom. The maximum atomic E-state index is 12.0. The first-order valence-electron chi connectivity index (χ1n) is 6.95. The standard InChI is InChI=1S/C15H21N3O2/c1-4-14-18-12-8-10(5-6-13(12)20-14)17-15(19)11(16)7-9(2)3/h5-6,8-9,11H,4,7,16H2,1-3H3,(H,17,19). The number of nitrogens with two attached hydrogens (primary N) is 1. The maximum absolute atomic E-state index is 12.0. The van der Waals surface area contributed by atoms with E-state index in [1.54, 1.807) is 12.1 Å². The highest BCUT2D eigenvalue weighted by Gasteiger charge is 2.15. The van der Waals surface area contributed by atoms with Gasteiger partial charge in [-0.2, -0.15) is 0 Å². The van der Waals surface area contributed by atoms with Crippen molar-refractivity contribution in [3.63, 3.8) is 0 Å². The average Bonchev–Trinajstić information content (AvgIpc) is 2.80. The van der Waals surface area contributed by atoms with E-state index in [-0.39, 0.29) is 5.91 Å². The molecule has 1 aromatic heterocycles. The molecule has 3 N–H and O–H groups in total. The summed E-state index contributed by atoms with van der Waals surface area (Å²) < 4.78 is 5.53. The summed E-state index contributed by atoms with van der Waals surface area (Å²) >= 11 is 0. The molecule has 1 atom stereocenters. The smallest absolute Gasteiger partial charge is 0.241 e. The Morgan fingerprint density at radius 3 is 2.85 bits per heavy atom. The largest absolute Gasteiger partial charge is 0.441 e. The third-order valence-corrected chi connectivity index (χ3v) is 3.06. The van der Waals surface area contributed by atoms with Crippen LogP contribution in [0.5, 0.6) is 0 Å². The van der Waals surface area contributed by atoms with Gasteiger partial charge in [0.2, 0.25) is 5.91 Å². The van der Waals surface area contributed by atoms with Crippen molar-refractivity contribution in [3.05, 3.63) is 24.1 Å². The molecule has 1 aromatic carbocycles. The van der Waals surface area contributed by atoms with Crippen LogP contribution in [0.3, 0.4) is 0 Å². The SMILES string of the molecule is CCc1nc2cc(NC(=O)C(N)CC(C)C)ccc2o1. The molecule has 0 saturated carbocycles. The van der Waals surface area contributed by atoms with Crippen molar-refractivity contribution in [2.24, 2.45) is 11.7 Å². The zero-order chi connectivity index (χ0) is 14.7. The van der Waals surface area contributed by atoms with Gasteiger partial charge in [0, 0.05) is 12.1 Å². The molecule has 0 aliphatic rings. The molecule has 1 heterocycles. The Kier molecular flexibility index (Phi) is 4.39. The lowest BCUT2D eigenvalue weighted by molar-refractivity contribution is -0.117. The molecule has 2 rings (SSSR count). The minimum atomic E-state index is -0.491. The third kappa shape index (κ3) is 3.36. The second kappa shape index (κ2) is 6.05. The second-order valence-corrected chi connectivity index (χ2v) is 5.37. The van der Waals surface area contributed by atoms with Crippen LogP contribution < -0.4 is 11.1 Å². The number of amides is 1. The number of fused-ring (bicyclic) bond motifs is 1. The minimum absolute atomic E-state index is 0.169. The average molecular weight is 275 g/mol. The zero-order valence-corrected chi connectivity index (χ0v) is 12.1. The molecule has 0 fully saturated rings. The van der Waals surface area contributed by atoms with Gasteiger partial charge >= 0.3 is 0 Å². The van der Waals surface area contributed by atoms with Crippen molar-refractivity contribution < 1.29 is 9.21 Å². The summed E-state index contributed by atoms with van der Waals surface area (Å²) in [5.41, 5.74) is 8.03. The van der Waals surface area contributed by atoms with Gasteiger partial charge in [0.05, 0.1) is 6.04 Å². The number of aryl methyl sites for hydroxylation is 1. The molecule has 108 valence electrons. The van der Waals surface area contributed by atoms with E-state index in [0.717, 1.165) is 17.5 Å². The van der Waals surface area contributed by atoms with E-state index >= 15 is 0 Å². The van der Waals surface area contributed by atoms with Crippen molar-refractivity contribution in [1.29, 1.82) is 0 Å². The Bertz CT molecular complexity index is 604.